The van der Waals surface area contributed by atoms with Gasteiger partial charge in [-0.05, 0) is 43.0 Å². The van der Waals surface area contributed by atoms with Crippen molar-refractivity contribution in [3.63, 3.8) is 0 Å². The van der Waals surface area contributed by atoms with Gasteiger partial charge in [0.05, 0.1) is 6.10 Å². The van der Waals surface area contributed by atoms with E-state index in [1.54, 1.807) is 29.2 Å². The van der Waals surface area contributed by atoms with Gasteiger partial charge in [-0.15, -0.1) is 0 Å². The number of amides is 2. The number of aliphatic hydroxyl groups is 1. The molecular formula is C17H23ClN2O3. The van der Waals surface area contributed by atoms with Crippen LogP contribution in [0, 0.1) is 5.92 Å². The van der Waals surface area contributed by atoms with Gasteiger partial charge in [-0.25, -0.2) is 0 Å². The molecule has 0 bridgehead atoms. The van der Waals surface area contributed by atoms with Crippen LogP contribution in [0.1, 0.15) is 37.0 Å². The van der Waals surface area contributed by atoms with E-state index in [4.69, 9.17) is 11.6 Å². The van der Waals surface area contributed by atoms with Gasteiger partial charge in [0.25, 0.3) is 5.91 Å². The van der Waals surface area contributed by atoms with Crippen molar-refractivity contribution in [2.24, 2.45) is 5.92 Å². The van der Waals surface area contributed by atoms with Crippen LogP contribution in [-0.4, -0.2) is 47.1 Å². The number of halogens is 1. The molecule has 0 saturated carbocycles. The Morgan fingerprint density at radius 3 is 2.52 bits per heavy atom. The van der Waals surface area contributed by atoms with Crippen LogP contribution >= 0.6 is 11.6 Å². The number of nitrogens with zero attached hydrogens (tertiary/aromatic N) is 1. The second-order valence-electron chi connectivity index (χ2n) is 6.28. The Kier molecular flexibility index (Phi) is 6.02. The average molecular weight is 339 g/mol. The molecule has 0 unspecified atom stereocenters. The van der Waals surface area contributed by atoms with Crippen molar-refractivity contribution in [2.75, 3.05) is 13.1 Å². The third kappa shape index (κ3) is 4.69. The van der Waals surface area contributed by atoms with Gasteiger partial charge in [-0.1, -0.05) is 25.4 Å². The van der Waals surface area contributed by atoms with E-state index >= 15 is 0 Å². The van der Waals surface area contributed by atoms with Crippen LogP contribution in [0.25, 0.3) is 0 Å². The maximum Gasteiger partial charge on any atom is 0.251 e. The molecule has 5 nitrogen and oxygen atoms in total. The zero-order chi connectivity index (χ0) is 17.0. The molecule has 1 saturated heterocycles. The number of benzene rings is 1. The number of hydrogen-bond donors (Lipinski definition) is 2. The summed E-state index contributed by atoms with van der Waals surface area (Å²) in [6, 6.07) is 5.94. The lowest BCUT2D eigenvalue weighted by atomic mass is 10.00. The highest BCUT2D eigenvalue weighted by atomic mass is 35.5. The van der Waals surface area contributed by atoms with Gasteiger partial charge in [0, 0.05) is 23.7 Å². The number of likely N-dealkylation sites (tertiary alicyclic amines) is 1. The largest absolute Gasteiger partial charge is 0.391 e. The smallest absolute Gasteiger partial charge is 0.251 e. The van der Waals surface area contributed by atoms with Gasteiger partial charge >= 0.3 is 0 Å². The molecule has 6 heteroatoms. The standard InChI is InChI=1S/C17H23ClN2O3/c1-11(2)15(17(23)20-9-3-4-14(21)10-20)19-16(22)12-5-7-13(18)8-6-12/h5-8,11,14-15,21H,3-4,9-10H2,1-2H3,(H,19,22)/t14-,15+/m1/s1. The first-order valence-corrected chi connectivity index (χ1v) is 8.29. The zero-order valence-electron chi connectivity index (χ0n) is 13.5. The van der Waals surface area contributed by atoms with E-state index in [0.717, 1.165) is 6.42 Å². The van der Waals surface area contributed by atoms with Crippen LogP contribution in [0.4, 0.5) is 0 Å². The van der Waals surface area contributed by atoms with E-state index in [2.05, 4.69) is 5.32 Å². The first kappa shape index (κ1) is 17.8. The SMILES string of the molecule is CC(C)[C@H](NC(=O)c1ccc(Cl)cc1)C(=O)N1CCC[C@@H](O)C1. The fourth-order valence-corrected chi connectivity index (χ4v) is 2.82. The third-order valence-electron chi connectivity index (χ3n) is 4.03. The molecule has 0 aromatic heterocycles. The van der Waals surface area contributed by atoms with Gasteiger partial charge in [-0.2, -0.15) is 0 Å². The summed E-state index contributed by atoms with van der Waals surface area (Å²) in [7, 11) is 0. The first-order chi connectivity index (χ1) is 10.9. The monoisotopic (exact) mass is 338 g/mol. The molecule has 1 aromatic rings. The zero-order valence-corrected chi connectivity index (χ0v) is 14.2. The molecule has 0 spiro atoms. The van der Waals surface area contributed by atoms with Crippen molar-refractivity contribution in [2.45, 2.75) is 38.8 Å². The van der Waals surface area contributed by atoms with Crippen molar-refractivity contribution in [3.05, 3.63) is 34.9 Å². The molecular weight excluding hydrogens is 316 g/mol. The Balaban J connectivity index is 2.07. The number of aliphatic hydroxyl groups excluding tert-OH is 1. The molecule has 1 fully saturated rings. The van der Waals surface area contributed by atoms with E-state index in [9.17, 15) is 14.7 Å². The van der Waals surface area contributed by atoms with Crippen molar-refractivity contribution >= 4 is 23.4 Å². The number of nitrogens with one attached hydrogen (secondary N) is 1. The summed E-state index contributed by atoms with van der Waals surface area (Å²) < 4.78 is 0. The summed E-state index contributed by atoms with van der Waals surface area (Å²) in [4.78, 5) is 26.7. The van der Waals surface area contributed by atoms with Crippen LogP contribution in [0.3, 0.4) is 0 Å². The minimum absolute atomic E-state index is 0.0437. The summed E-state index contributed by atoms with van der Waals surface area (Å²) >= 11 is 5.82. The number of carbonyl (C=O) groups excluding carboxylic acids is 2. The molecule has 23 heavy (non-hydrogen) atoms. The Morgan fingerprint density at radius 2 is 1.96 bits per heavy atom. The predicted molar refractivity (Wildman–Crippen MR) is 89.4 cm³/mol. The number of piperidine rings is 1. The summed E-state index contributed by atoms with van der Waals surface area (Å²) in [6.07, 6.45) is 1.02. The first-order valence-electron chi connectivity index (χ1n) is 7.91. The van der Waals surface area contributed by atoms with Gasteiger partial charge in [0.2, 0.25) is 5.91 Å². The maximum absolute atomic E-state index is 12.7. The van der Waals surface area contributed by atoms with Crippen LogP contribution in [0.15, 0.2) is 24.3 Å². The molecule has 0 aliphatic carbocycles. The van der Waals surface area contributed by atoms with Crippen molar-refractivity contribution < 1.29 is 14.7 Å². The lowest BCUT2D eigenvalue weighted by Gasteiger charge is -2.34. The molecule has 2 rings (SSSR count). The number of β-amino-alcohol motifs (C(OH)–C–C–N with tert-alkyl or cyclic N) is 1. The Hall–Kier alpha value is -1.59. The van der Waals surface area contributed by atoms with E-state index in [0.29, 0.717) is 30.1 Å². The highest BCUT2D eigenvalue weighted by Gasteiger charge is 2.31. The summed E-state index contributed by atoms with van der Waals surface area (Å²) in [5, 5.41) is 13.1. The van der Waals surface area contributed by atoms with Crippen molar-refractivity contribution in [1.29, 1.82) is 0 Å². The van der Waals surface area contributed by atoms with Crippen LogP contribution < -0.4 is 5.32 Å². The highest BCUT2D eigenvalue weighted by Crippen LogP contribution is 2.15. The van der Waals surface area contributed by atoms with E-state index in [-0.39, 0.29) is 17.7 Å². The number of carbonyl (C=O) groups is 2. The molecule has 2 N–H and O–H groups in total. The quantitative estimate of drug-likeness (QED) is 0.883. The van der Waals surface area contributed by atoms with Crippen LogP contribution in [0.5, 0.6) is 0 Å². The minimum Gasteiger partial charge on any atom is -0.391 e. The fourth-order valence-electron chi connectivity index (χ4n) is 2.69. The van der Waals surface area contributed by atoms with Gasteiger partial charge < -0.3 is 15.3 Å². The maximum atomic E-state index is 12.7. The Morgan fingerprint density at radius 1 is 1.30 bits per heavy atom. The molecule has 1 aliphatic rings. The predicted octanol–water partition coefficient (Wildman–Crippen LogP) is 2.08. The molecule has 126 valence electrons. The van der Waals surface area contributed by atoms with Gasteiger partial charge in [-0.3, -0.25) is 9.59 Å². The number of hydrogen-bond acceptors (Lipinski definition) is 3. The molecule has 2 amide bonds. The summed E-state index contributed by atoms with van der Waals surface area (Å²) in [5.74, 6) is -0.481. The fraction of sp³-hybridized carbons (Fsp3) is 0.529. The molecule has 1 heterocycles. The Labute approximate surface area is 141 Å². The molecule has 0 radical (unpaired) electrons. The van der Waals surface area contributed by atoms with Crippen molar-refractivity contribution in [1.82, 2.24) is 10.2 Å². The number of rotatable bonds is 4. The second kappa shape index (κ2) is 7.79. The third-order valence-corrected chi connectivity index (χ3v) is 4.29. The van der Waals surface area contributed by atoms with Gasteiger partial charge in [0.15, 0.2) is 0 Å². The molecule has 2 atom stereocenters. The molecule has 1 aromatic carbocycles. The minimum atomic E-state index is -0.608. The topological polar surface area (TPSA) is 69.6 Å². The summed E-state index contributed by atoms with van der Waals surface area (Å²) in [5.41, 5.74) is 0.464. The summed E-state index contributed by atoms with van der Waals surface area (Å²) in [6.45, 7) is 4.74. The highest BCUT2D eigenvalue weighted by molar-refractivity contribution is 6.30. The van der Waals surface area contributed by atoms with Crippen LogP contribution in [-0.2, 0) is 4.79 Å². The van der Waals surface area contributed by atoms with Crippen molar-refractivity contribution in [3.8, 4) is 0 Å². The van der Waals surface area contributed by atoms with Gasteiger partial charge in [0.1, 0.15) is 6.04 Å². The lowest BCUT2D eigenvalue weighted by Crippen LogP contribution is -2.54. The van der Waals surface area contributed by atoms with Crippen LogP contribution in [0.2, 0.25) is 5.02 Å². The normalized spacial score (nSPS) is 19.5. The lowest BCUT2D eigenvalue weighted by molar-refractivity contribution is -0.137. The molecule has 1 aliphatic heterocycles. The second-order valence-corrected chi connectivity index (χ2v) is 6.72. The van der Waals surface area contributed by atoms with E-state index in [1.807, 2.05) is 13.8 Å². The van der Waals surface area contributed by atoms with E-state index < -0.39 is 12.1 Å². The Bertz CT molecular complexity index is 559. The van der Waals surface area contributed by atoms with E-state index in [1.165, 1.54) is 0 Å². The average Bonchev–Trinajstić information content (AvgIpc) is 2.52.